The first kappa shape index (κ1) is 8.23. The van der Waals surface area contributed by atoms with Gasteiger partial charge in [0.05, 0.1) is 0 Å². The summed E-state index contributed by atoms with van der Waals surface area (Å²) in [5, 5.41) is 0. The van der Waals surface area contributed by atoms with E-state index in [9.17, 15) is 9.59 Å². The molecule has 1 N–H and O–H groups in total. The molecule has 0 heterocycles. The van der Waals surface area contributed by atoms with Crippen LogP contribution in [0.5, 0.6) is 0 Å². The van der Waals surface area contributed by atoms with Gasteiger partial charge in [0.15, 0.2) is 0 Å². The zero-order chi connectivity index (χ0) is 7.28. The fraction of sp³-hybridized carbons (Fsp3) is 0.500. The average Bonchev–Trinajstić information content (AvgIpc) is 1.83. The molecule has 0 rings (SSSR count). The van der Waals surface area contributed by atoms with E-state index in [1.807, 2.05) is 5.43 Å². The minimum Gasteiger partial charge on any atom is -0.272 e. The summed E-state index contributed by atoms with van der Waals surface area (Å²) in [7, 11) is 0. The van der Waals surface area contributed by atoms with Crippen molar-refractivity contribution in [1.29, 1.82) is 0 Å². The average molecular weight is 150 g/mol. The Kier molecular flexibility index (Phi) is 3.79. The molecule has 9 heavy (non-hydrogen) atoms. The van der Waals surface area contributed by atoms with Crippen LogP contribution in [0.3, 0.4) is 0 Å². The number of amides is 2. The van der Waals surface area contributed by atoms with Crippen molar-refractivity contribution in [3.63, 3.8) is 0 Å². The molecule has 0 fully saturated rings. The summed E-state index contributed by atoms with van der Waals surface area (Å²) in [5.74, 6) is -1.11. The minimum absolute atomic E-state index is 0.184. The third kappa shape index (κ3) is 5.10. The van der Waals surface area contributed by atoms with Gasteiger partial charge >= 0.3 is 0 Å². The topological polar surface area (TPSA) is 60.3 Å². The number of hydrogen-bond donors (Lipinski definition) is 1. The van der Waals surface area contributed by atoms with Gasteiger partial charge in [0.1, 0.15) is 5.88 Å². The SMILES string of the molecule is CC(=O)[N]NC(=O)CCl. The monoisotopic (exact) mass is 149 g/mol. The van der Waals surface area contributed by atoms with Crippen LogP contribution >= 0.6 is 11.6 Å². The highest BCUT2D eigenvalue weighted by Crippen LogP contribution is 1.71. The zero-order valence-electron chi connectivity index (χ0n) is 4.85. The molecule has 4 nitrogen and oxygen atoms in total. The van der Waals surface area contributed by atoms with Crippen molar-refractivity contribution in [2.75, 3.05) is 5.88 Å². The van der Waals surface area contributed by atoms with Crippen LogP contribution < -0.4 is 10.9 Å². The molecule has 0 aromatic heterocycles. The number of hydrogen-bond acceptors (Lipinski definition) is 2. The van der Waals surface area contributed by atoms with E-state index in [0.29, 0.717) is 0 Å². The summed E-state index contributed by atoms with van der Waals surface area (Å²) < 4.78 is 0. The van der Waals surface area contributed by atoms with Crippen LogP contribution in [0.15, 0.2) is 0 Å². The third-order valence-electron chi connectivity index (χ3n) is 0.459. The summed E-state index contributed by atoms with van der Waals surface area (Å²) in [5.41, 5.74) is 5.01. The van der Waals surface area contributed by atoms with E-state index in [4.69, 9.17) is 11.6 Å². The highest BCUT2D eigenvalue weighted by Gasteiger charge is 1.98. The maximum absolute atomic E-state index is 10.2. The number of nitrogens with one attached hydrogen (secondary N) is 1. The summed E-state index contributed by atoms with van der Waals surface area (Å²) in [4.78, 5) is 20.3. The molecule has 0 saturated carbocycles. The van der Waals surface area contributed by atoms with E-state index < -0.39 is 11.8 Å². The smallest absolute Gasteiger partial charge is 0.259 e. The van der Waals surface area contributed by atoms with Crippen LogP contribution in [0.25, 0.3) is 0 Å². The van der Waals surface area contributed by atoms with Crippen LogP contribution in [-0.2, 0) is 9.59 Å². The van der Waals surface area contributed by atoms with Gasteiger partial charge in [-0.25, -0.2) is 5.43 Å². The van der Waals surface area contributed by atoms with Crippen molar-refractivity contribution in [2.24, 2.45) is 0 Å². The van der Waals surface area contributed by atoms with Gasteiger partial charge in [0.25, 0.3) is 11.8 Å². The molecule has 0 aromatic carbocycles. The Morgan fingerprint density at radius 1 is 1.67 bits per heavy atom. The number of rotatable bonds is 1. The van der Waals surface area contributed by atoms with E-state index in [1.165, 1.54) is 6.92 Å². The highest BCUT2D eigenvalue weighted by atomic mass is 35.5. The second kappa shape index (κ2) is 4.14. The molecule has 0 atom stereocenters. The molecule has 0 bridgehead atoms. The molecule has 0 spiro atoms. The van der Waals surface area contributed by atoms with Crippen LogP contribution in [0.4, 0.5) is 0 Å². The molecule has 0 unspecified atom stereocenters. The first-order chi connectivity index (χ1) is 4.16. The van der Waals surface area contributed by atoms with Crippen LogP contribution in [0.1, 0.15) is 6.92 Å². The second-order valence-electron chi connectivity index (χ2n) is 1.30. The Balaban J connectivity index is 3.28. The normalized spacial score (nSPS) is 8.22. The molecule has 1 radical (unpaired) electrons. The molecule has 0 aliphatic carbocycles. The number of alkyl halides is 1. The maximum atomic E-state index is 10.2. The predicted octanol–water partition coefficient (Wildman–Crippen LogP) is -0.593. The van der Waals surface area contributed by atoms with Crippen LogP contribution in [0.2, 0.25) is 0 Å². The van der Waals surface area contributed by atoms with E-state index in [0.717, 1.165) is 0 Å². The van der Waals surface area contributed by atoms with Crippen molar-refractivity contribution < 1.29 is 9.59 Å². The van der Waals surface area contributed by atoms with Crippen LogP contribution in [0, 0.1) is 0 Å². The van der Waals surface area contributed by atoms with Crippen LogP contribution in [-0.4, -0.2) is 17.7 Å². The van der Waals surface area contributed by atoms with Gasteiger partial charge in [0, 0.05) is 6.92 Å². The number of carbonyl (C=O) groups is 2. The summed E-state index contributed by atoms with van der Waals surface area (Å²) in [6, 6.07) is 0. The maximum Gasteiger partial charge on any atom is 0.259 e. The molecular formula is C4H6ClN2O2. The van der Waals surface area contributed by atoms with E-state index >= 15 is 0 Å². The lowest BCUT2D eigenvalue weighted by molar-refractivity contribution is -0.126. The molecule has 2 amide bonds. The molecule has 5 heteroatoms. The molecular weight excluding hydrogens is 144 g/mol. The van der Waals surface area contributed by atoms with E-state index in [-0.39, 0.29) is 5.88 Å². The number of nitrogens with zero attached hydrogens (tertiary/aromatic N) is 1. The van der Waals surface area contributed by atoms with Crippen molar-refractivity contribution in [1.82, 2.24) is 10.9 Å². The van der Waals surface area contributed by atoms with Gasteiger partial charge in [-0.15, -0.1) is 17.0 Å². The molecule has 0 aliphatic heterocycles. The first-order valence-corrected chi connectivity index (χ1v) is 2.76. The summed E-state index contributed by atoms with van der Waals surface area (Å²) >= 11 is 5.05. The fourth-order valence-electron chi connectivity index (χ4n) is 0.171. The Hall–Kier alpha value is -0.770. The number of halogens is 1. The van der Waals surface area contributed by atoms with Crippen molar-refractivity contribution in [3.8, 4) is 0 Å². The Morgan fingerprint density at radius 3 is 2.56 bits per heavy atom. The van der Waals surface area contributed by atoms with Crippen molar-refractivity contribution in [3.05, 3.63) is 0 Å². The van der Waals surface area contributed by atoms with Gasteiger partial charge in [-0.3, -0.25) is 9.59 Å². The largest absolute Gasteiger partial charge is 0.272 e. The second-order valence-corrected chi connectivity index (χ2v) is 1.57. The van der Waals surface area contributed by atoms with Gasteiger partial charge in [-0.2, -0.15) is 0 Å². The molecule has 51 valence electrons. The van der Waals surface area contributed by atoms with E-state index in [1.54, 1.807) is 0 Å². The molecule has 0 aromatic rings. The predicted molar refractivity (Wildman–Crippen MR) is 31.7 cm³/mol. The lowest BCUT2D eigenvalue weighted by atomic mass is 10.7. The minimum atomic E-state index is -0.480. The van der Waals surface area contributed by atoms with Gasteiger partial charge < -0.3 is 0 Å². The highest BCUT2D eigenvalue weighted by molar-refractivity contribution is 6.27. The Bertz CT molecular complexity index is 126. The lowest BCUT2D eigenvalue weighted by Gasteiger charge is -1.95. The summed E-state index contributed by atoms with van der Waals surface area (Å²) in [6.07, 6.45) is 0. The zero-order valence-corrected chi connectivity index (χ0v) is 5.60. The standard InChI is InChI=1S/C4H6ClN2O2/c1-3(8)6-7-4(9)2-5/h2H2,1H3,(H,7,9). The quantitative estimate of drug-likeness (QED) is 0.400. The van der Waals surface area contributed by atoms with Gasteiger partial charge in [0.2, 0.25) is 0 Å². The number of carbonyl (C=O) groups excluding carboxylic acids is 2. The molecule has 0 aliphatic rings. The Labute approximate surface area is 57.5 Å². The Morgan fingerprint density at radius 2 is 2.22 bits per heavy atom. The van der Waals surface area contributed by atoms with Crippen molar-refractivity contribution in [2.45, 2.75) is 6.92 Å². The lowest BCUT2D eigenvalue weighted by Crippen LogP contribution is -2.34. The van der Waals surface area contributed by atoms with Gasteiger partial charge in [-0.05, 0) is 0 Å². The third-order valence-corrected chi connectivity index (χ3v) is 0.702. The van der Waals surface area contributed by atoms with E-state index in [2.05, 4.69) is 5.43 Å². The van der Waals surface area contributed by atoms with Gasteiger partial charge in [-0.1, -0.05) is 0 Å². The molecule has 0 saturated heterocycles. The summed E-state index contributed by atoms with van der Waals surface area (Å²) in [6.45, 7) is 1.23. The van der Waals surface area contributed by atoms with Crippen molar-refractivity contribution >= 4 is 23.4 Å². The fourth-order valence-corrected chi connectivity index (χ4v) is 0.231. The first-order valence-electron chi connectivity index (χ1n) is 2.23.